The van der Waals surface area contributed by atoms with E-state index in [1.54, 1.807) is 19.1 Å². The van der Waals surface area contributed by atoms with Crippen molar-refractivity contribution in [2.45, 2.75) is 39.5 Å². The van der Waals surface area contributed by atoms with Crippen molar-refractivity contribution in [2.75, 3.05) is 6.61 Å². The van der Waals surface area contributed by atoms with Gasteiger partial charge in [-0.1, -0.05) is 25.5 Å². The molecule has 120 valence electrons. The van der Waals surface area contributed by atoms with Crippen molar-refractivity contribution < 1.29 is 24.2 Å². The molecule has 0 aliphatic carbocycles. The van der Waals surface area contributed by atoms with Crippen molar-refractivity contribution in [3.05, 3.63) is 35.4 Å². The van der Waals surface area contributed by atoms with Gasteiger partial charge in [0, 0.05) is 6.42 Å². The Kier molecular flexibility index (Phi) is 7.29. The van der Waals surface area contributed by atoms with Crippen LogP contribution in [-0.2, 0) is 9.53 Å². The molecule has 0 bridgehead atoms. The number of carboxylic acids is 1. The highest BCUT2D eigenvalue weighted by Crippen LogP contribution is 2.16. The molecule has 5 heteroatoms. The molecule has 0 aliphatic rings. The van der Waals surface area contributed by atoms with Crippen molar-refractivity contribution in [1.29, 1.82) is 0 Å². The lowest BCUT2D eigenvalue weighted by atomic mass is 9.99. The molecular formula is C17H22O5. The number of carboxylic acid groups (broad SMARTS) is 1. The first kappa shape index (κ1) is 17.9. The summed E-state index contributed by atoms with van der Waals surface area (Å²) in [5.41, 5.74) is 0.00529. The average molecular weight is 306 g/mol. The van der Waals surface area contributed by atoms with Gasteiger partial charge in [0.25, 0.3) is 0 Å². The standard InChI is InChI=1S/C17H22O5/c1-3-13(8-6-7-12(2)18)11-22-17(21)15-10-5-4-9-14(15)16(19)20/h4-5,9-10,13H,3,6-8,11H2,1-2H3,(H,19,20). The molecule has 0 amide bonds. The summed E-state index contributed by atoms with van der Waals surface area (Å²) >= 11 is 0. The average Bonchev–Trinajstić information content (AvgIpc) is 2.49. The van der Waals surface area contributed by atoms with E-state index in [1.165, 1.54) is 12.1 Å². The van der Waals surface area contributed by atoms with Crippen LogP contribution in [0.2, 0.25) is 0 Å². The lowest BCUT2D eigenvalue weighted by Gasteiger charge is -2.15. The molecule has 0 saturated carbocycles. The van der Waals surface area contributed by atoms with Crippen LogP contribution in [0.15, 0.2) is 24.3 Å². The minimum absolute atomic E-state index is 0.0582. The molecule has 1 N–H and O–H groups in total. The third-order valence-electron chi connectivity index (χ3n) is 3.55. The SMILES string of the molecule is CCC(CCCC(C)=O)COC(=O)c1ccccc1C(=O)O. The van der Waals surface area contributed by atoms with Crippen LogP contribution in [0.3, 0.4) is 0 Å². The zero-order chi connectivity index (χ0) is 16.5. The van der Waals surface area contributed by atoms with Crippen LogP contribution in [0.5, 0.6) is 0 Å². The number of esters is 1. The number of hydrogen-bond acceptors (Lipinski definition) is 4. The van der Waals surface area contributed by atoms with E-state index in [-0.39, 0.29) is 29.4 Å². The number of aromatic carboxylic acids is 1. The van der Waals surface area contributed by atoms with Crippen LogP contribution < -0.4 is 0 Å². The van der Waals surface area contributed by atoms with Crippen molar-refractivity contribution in [3.63, 3.8) is 0 Å². The zero-order valence-corrected chi connectivity index (χ0v) is 13.0. The van der Waals surface area contributed by atoms with Crippen LogP contribution >= 0.6 is 0 Å². The molecular weight excluding hydrogens is 284 g/mol. The Morgan fingerprint density at radius 1 is 1.18 bits per heavy atom. The Balaban J connectivity index is 2.57. The van der Waals surface area contributed by atoms with Gasteiger partial charge in [0.2, 0.25) is 0 Å². The molecule has 1 unspecified atom stereocenters. The third-order valence-corrected chi connectivity index (χ3v) is 3.55. The Labute approximate surface area is 130 Å². The first-order chi connectivity index (χ1) is 10.5. The molecule has 0 aromatic heterocycles. The van der Waals surface area contributed by atoms with Gasteiger partial charge in [0.05, 0.1) is 17.7 Å². The molecule has 0 spiro atoms. The smallest absolute Gasteiger partial charge is 0.339 e. The molecule has 1 atom stereocenters. The van der Waals surface area contributed by atoms with Gasteiger partial charge in [-0.25, -0.2) is 9.59 Å². The van der Waals surface area contributed by atoms with Crippen molar-refractivity contribution in [1.82, 2.24) is 0 Å². The number of hydrogen-bond donors (Lipinski definition) is 1. The monoisotopic (exact) mass is 306 g/mol. The van der Waals surface area contributed by atoms with Crippen molar-refractivity contribution in [2.24, 2.45) is 5.92 Å². The fraction of sp³-hybridized carbons (Fsp3) is 0.471. The van der Waals surface area contributed by atoms with Gasteiger partial charge in [-0.3, -0.25) is 0 Å². The summed E-state index contributed by atoms with van der Waals surface area (Å²) in [7, 11) is 0. The fourth-order valence-corrected chi connectivity index (χ4v) is 2.16. The first-order valence-corrected chi connectivity index (χ1v) is 7.44. The van der Waals surface area contributed by atoms with Crippen LogP contribution in [0, 0.1) is 5.92 Å². The zero-order valence-electron chi connectivity index (χ0n) is 13.0. The van der Waals surface area contributed by atoms with Gasteiger partial charge < -0.3 is 14.6 Å². The normalized spacial score (nSPS) is 11.7. The summed E-state index contributed by atoms with van der Waals surface area (Å²) in [4.78, 5) is 34.0. The third kappa shape index (κ3) is 5.68. The minimum Gasteiger partial charge on any atom is -0.478 e. The summed E-state index contributed by atoms with van der Waals surface area (Å²) in [6.07, 6.45) is 2.96. The van der Waals surface area contributed by atoms with Crippen LogP contribution in [0.25, 0.3) is 0 Å². The quantitative estimate of drug-likeness (QED) is 0.708. The van der Waals surface area contributed by atoms with E-state index in [0.717, 1.165) is 19.3 Å². The highest BCUT2D eigenvalue weighted by molar-refractivity contribution is 6.02. The summed E-state index contributed by atoms with van der Waals surface area (Å²) in [5, 5.41) is 9.07. The topological polar surface area (TPSA) is 80.7 Å². The maximum atomic E-state index is 12.0. The molecule has 1 aromatic rings. The van der Waals surface area contributed by atoms with Crippen LogP contribution in [-0.4, -0.2) is 29.4 Å². The second-order valence-corrected chi connectivity index (χ2v) is 5.32. The Bertz CT molecular complexity index is 536. The number of carbonyl (C=O) groups excluding carboxylic acids is 2. The number of ketones is 1. The second kappa shape index (κ2) is 8.97. The van der Waals surface area contributed by atoms with E-state index >= 15 is 0 Å². The van der Waals surface area contributed by atoms with Gasteiger partial charge >= 0.3 is 11.9 Å². The molecule has 5 nitrogen and oxygen atoms in total. The van der Waals surface area contributed by atoms with Gasteiger partial charge in [-0.15, -0.1) is 0 Å². The van der Waals surface area contributed by atoms with E-state index < -0.39 is 11.9 Å². The lowest BCUT2D eigenvalue weighted by molar-refractivity contribution is -0.117. The highest BCUT2D eigenvalue weighted by Gasteiger charge is 2.18. The number of rotatable bonds is 9. The number of benzene rings is 1. The van der Waals surface area contributed by atoms with Gasteiger partial charge in [0.1, 0.15) is 5.78 Å². The molecule has 0 fully saturated rings. The molecule has 0 radical (unpaired) electrons. The van der Waals surface area contributed by atoms with Crippen molar-refractivity contribution >= 4 is 17.7 Å². The highest BCUT2D eigenvalue weighted by atomic mass is 16.5. The Hall–Kier alpha value is -2.17. The van der Waals surface area contributed by atoms with E-state index in [1.807, 2.05) is 6.92 Å². The maximum Gasteiger partial charge on any atom is 0.339 e. The predicted molar refractivity (Wildman–Crippen MR) is 82.0 cm³/mol. The minimum atomic E-state index is -1.15. The lowest BCUT2D eigenvalue weighted by Crippen LogP contribution is -2.16. The van der Waals surface area contributed by atoms with Crippen LogP contribution in [0.4, 0.5) is 0 Å². The van der Waals surface area contributed by atoms with E-state index in [4.69, 9.17) is 9.84 Å². The van der Waals surface area contributed by atoms with Gasteiger partial charge in [-0.05, 0) is 37.8 Å². The molecule has 0 heterocycles. The van der Waals surface area contributed by atoms with E-state index in [9.17, 15) is 14.4 Å². The largest absolute Gasteiger partial charge is 0.478 e. The molecule has 22 heavy (non-hydrogen) atoms. The molecule has 0 saturated heterocycles. The number of Topliss-reactive ketones (excluding diaryl/α,β-unsaturated/α-hetero) is 1. The maximum absolute atomic E-state index is 12.0. The summed E-state index contributed by atoms with van der Waals surface area (Å²) in [6, 6.07) is 6.00. The van der Waals surface area contributed by atoms with E-state index in [2.05, 4.69) is 0 Å². The van der Waals surface area contributed by atoms with Crippen molar-refractivity contribution in [3.8, 4) is 0 Å². The van der Waals surface area contributed by atoms with E-state index in [0.29, 0.717) is 6.42 Å². The molecule has 1 rings (SSSR count). The molecule has 1 aromatic carbocycles. The predicted octanol–water partition coefficient (Wildman–Crippen LogP) is 3.33. The number of ether oxygens (including phenoxy) is 1. The first-order valence-electron chi connectivity index (χ1n) is 7.44. The van der Waals surface area contributed by atoms with Crippen LogP contribution in [0.1, 0.15) is 60.2 Å². The second-order valence-electron chi connectivity index (χ2n) is 5.32. The fourth-order valence-electron chi connectivity index (χ4n) is 2.16. The number of carbonyl (C=O) groups is 3. The molecule has 0 aliphatic heterocycles. The Morgan fingerprint density at radius 3 is 2.36 bits per heavy atom. The van der Waals surface area contributed by atoms with Gasteiger partial charge in [-0.2, -0.15) is 0 Å². The van der Waals surface area contributed by atoms with Gasteiger partial charge in [0.15, 0.2) is 0 Å². The summed E-state index contributed by atoms with van der Waals surface area (Å²) in [6.45, 7) is 3.79. The summed E-state index contributed by atoms with van der Waals surface area (Å²) < 4.78 is 5.24. The Morgan fingerprint density at radius 2 is 1.82 bits per heavy atom. The summed E-state index contributed by atoms with van der Waals surface area (Å²) in [5.74, 6) is -1.44.